The van der Waals surface area contributed by atoms with Gasteiger partial charge in [-0.15, -0.1) is 0 Å². The lowest BCUT2D eigenvalue weighted by molar-refractivity contribution is -0.122. The number of thiocarbonyl (C=S) groups is 1. The highest BCUT2D eigenvalue weighted by atomic mass is 35.5. The molecule has 0 spiro atoms. The van der Waals surface area contributed by atoms with Crippen LogP contribution in [0.2, 0.25) is 5.02 Å². The Kier molecular flexibility index (Phi) is 8.03. The van der Waals surface area contributed by atoms with Crippen LogP contribution in [0.4, 0.5) is 5.69 Å². The highest BCUT2D eigenvalue weighted by Crippen LogP contribution is 2.38. The van der Waals surface area contributed by atoms with Crippen LogP contribution in [0.3, 0.4) is 0 Å². The first-order valence-electron chi connectivity index (χ1n) is 11.5. The van der Waals surface area contributed by atoms with Crippen LogP contribution in [0.5, 0.6) is 11.5 Å². The minimum absolute atomic E-state index is 0.0316. The fourth-order valence-corrected chi connectivity index (χ4v) is 4.30. The first-order chi connectivity index (χ1) is 17.4. The molecule has 0 saturated carbocycles. The maximum absolute atomic E-state index is 13.3. The first kappa shape index (κ1) is 25.4. The van der Waals surface area contributed by atoms with E-state index < -0.39 is 11.8 Å². The summed E-state index contributed by atoms with van der Waals surface area (Å²) in [4.78, 5) is 27.4. The molecule has 0 unspecified atom stereocenters. The van der Waals surface area contributed by atoms with Crippen molar-refractivity contribution in [2.75, 3.05) is 11.5 Å². The summed E-state index contributed by atoms with van der Waals surface area (Å²) in [5.74, 6) is -0.293. The second-order valence-corrected chi connectivity index (χ2v) is 8.81. The summed E-state index contributed by atoms with van der Waals surface area (Å²) in [6.45, 7) is 4.59. The number of amides is 2. The van der Waals surface area contributed by atoms with E-state index in [0.29, 0.717) is 41.0 Å². The zero-order valence-corrected chi connectivity index (χ0v) is 21.5. The molecule has 0 atom stereocenters. The third kappa shape index (κ3) is 5.58. The predicted molar refractivity (Wildman–Crippen MR) is 145 cm³/mol. The van der Waals surface area contributed by atoms with Crippen LogP contribution in [-0.4, -0.2) is 23.5 Å². The van der Waals surface area contributed by atoms with E-state index >= 15 is 0 Å². The molecule has 3 aromatic carbocycles. The van der Waals surface area contributed by atoms with Crippen LogP contribution < -0.4 is 19.7 Å². The molecule has 1 heterocycles. The highest BCUT2D eigenvalue weighted by Gasteiger charge is 2.34. The average Bonchev–Trinajstić information content (AvgIpc) is 2.87. The monoisotopic (exact) mass is 520 g/mol. The largest absolute Gasteiger partial charge is 0.490 e. The Morgan fingerprint density at radius 1 is 0.972 bits per heavy atom. The van der Waals surface area contributed by atoms with Gasteiger partial charge in [0, 0.05) is 0 Å². The van der Waals surface area contributed by atoms with Crippen LogP contribution in [-0.2, 0) is 22.6 Å². The van der Waals surface area contributed by atoms with E-state index in [0.717, 1.165) is 17.5 Å². The van der Waals surface area contributed by atoms with Crippen molar-refractivity contribution in [3.8, 4) is 11.5 Å². The summed E-state index contributed by atoms with van der Waals surface area (Å²) in [5.41, 5.74) is 3.13. The van der Waals surface area contributed by atoms with Gasteiger partial charge >= 0.3 is 0 Å². The number of carbonyl (C=O) groups is 2. The third-order valence-corrected chi connectivity index (χ3v) is 6.14. The Balaban J connectivity index is 1.65. The van der Waals surface area contributed by atoms with Crippen molar-refractivity contribution in [2.24, 2.45) is 0 Å². The Bertz CT molecular complexity index is 1320. The number of benzene rings is 3. The fraction of sp³-hybridized carbons (Fsp3) is 0.179. The molecule has 36 heavy (non-hydrogen) atoms. The molecule has 1 N–H and O–H groups in total. The summed E-state index contributed by atoms with van der Waals surface area (Å²) in [5, 5.41) is 2.93. The van der Waals surface area contributed by atoms with Crippen LogP contribution in [0.15, 0.2) is 72.3 Å². The van der Waals surface area contributed by atoms with Gasteiger partial charge in [-0.05, 0) is 72.6 Å². The molecule has 6 nitrogen and oxygen atoms in total. The molecule has 1 saturated heterocycles. The Labute approximate surface area is 220 Å². The maximum Gasteiger partial charge on any atom is 0.270 e. The lowest BCUT2D eigenvalue weighted by atomic mass is 10.1. The maximum atomic E-state index is 13.3. The molecule has 184 valence electrons. The van der Waals surface area contributed by atoms with Crippen molar-refractivity contribution in [1.82, 2.24) is 5.32 Å². The van der Waals surface area contributed by atoms with Gasteiger partial charge in [-0.1, -0.05) is 61.0 Å². The molecule has 4 rings (SSSR count). The highest BCUT2D eigenvalue weighted by molar-refractivity contribution is 7.80. The summed E-state index contributed by atoms with van der Waals surface area (Å²) in [6.07, 6.45) is 2.34. The zero-order valence-electron chi connectivity index (χ0n) is 19.9. The fourth-order valence-electron chi connectivity index (χ4n) is 3.74. The molecular formula is C28H25ClN2O4S. The molecule has 1 aliphatic heterocycles. The third-order valence-electron chi connectivity index (χ3n) is 5.57. The van der Waals surface area contributed by atoms with Crippen LogP contribution in [0.1, 0.15) is 30.5 Å². The zero-order chi connectivity index (χ0) is 25.7. The van der Waals surface area contributed by atoms with Crippen molar-refractivity contribution in [3.05, 3.63) is 94.0 Å². The van der Waals surface area contributed by atoms with Gasteiger partial charge in [-0.2, -0.15) is 0 Å². The van der Waals surface area contributed by atoms with Gasteiger partial charge in [0.2, 0.25) is 0 Å². The number of hydrogen-bond donors (Lipinski definition) is 1. The summed E-state index contributed by atoms with van der Waals surface area (Å²) in [6, 6.07) is 20.5. The normalized spacial score (nSPS) is 14.7. The van der Waals surface area contributed by atoms with Crippen LogP contribution in [0, 0.1) is 0 Å². The smallest absolute Gasteiger partial charge is 0.270 e. The topological polar surface area (TPSA) is 67.9 Å². The van der Waals surface area contributed by atoms with Crippen molar-refractivity contribution in [1.29, 1.82) is 0 Å². The summed E-state index contributed by atoms with van der Waals surface area (Å²) in [7, 11) is 0. The number of aryl methyl sites for hydroxylation is 1. The van der Waals surface area contributed by atoms with Crippen molar-refractivity contribution in [3.63, 3.8) is 0 Å². The molecule has 3 aromatic rings. The van der Waals surface area contributed by atoms with Gasteiger partial charge in [0.15, 0.2) is 16.6 Å². The minimum atomic E-state index is -0.579. The lowest BCUT2D eigenvalue weighted by Crippen LogP contribution is -2.54. The van der Waals surface area contributed by atoms with E-state index in [4.69, 9.17) is 33.3 Å². The van der Waals surface area contributed by atoms with E-state index in [1.165, 1.54) is 11.0 Å². The molecule has 2 amide bonds. The van der Waals surface area contributed by atoms with E-state index in [1.54, 1.807) is 24.3 Å². The second kappa shape index (κ2) is 11.4. The van der Waals surface area contributed by atoms with Crippen LogP contribution >= 0.6 is 23.8 Å². The number of nitrogens with one attached hydrogen (secondary N) is 1. The number of ether oxygens (including phenoxy) is 2. The van der Waals surface area contributed by atoms with Gasteiger partial charge in [-0.25, -0.2) is 0 Å². The Morgan fingerprint density at radius 3 is 2.36 bits per heavy atom. The van der Waals surface area contributed by atoms with Crippen molar-refractivity contribution < 1.29 is 19.1 Å². The molecule has 1 fully saturated rings. The van der Waals surface area contributed by atoms with E-state index in [1.807, 2.05) is 56.3 Å². The standard InChI is InChI=1S/C28H25ClN2O4S/c1-3-18-10-12-21(13-11-18)31-27(33)22(26(32)30-28(31)36)14-20-15-23(29)25(24(16-20)34-4-2)35-17-19-8-6-5-7-9-19/h5-16H,3-4,17H2,1-2H3,(H,30,32,36)/b22-14+. The number of rotatable bonds is 8. The lowest BCUT2D eigenvalue weighted by Gasteiger charge is -2.29. The number of anilines is 1. The quantitative estimate of drug-likeness (QED) is 0.234. The number of nitrogens with zero attached hydrogens (tertiary/aromatic N) is 1. The first-order valence-corrected chi connectivity index (χ1v) is 12.3. The number of carbonyl (C=O) groups excluding carboxylic acids is 2. The van der Waals surface area contributed by atoms with Crippen molar-refractivity contribution in [2.45, 2.75) is 26.9 Å². The van der Waals surface area contributed by atoms with Gasteiger partial charge in [0.25, 0.3) is 11.8 Å². The summed E-state index contributed by atoms with van der Waals surface area (Å²) < 4.78 is 11.7. The minimum Gasteiger partial charge on any atom is -0.490 e. The number of hydrogen-bond acceptors (Lipinski definition) is 5. The van der Waals surface area contributed by atoms with Crippen LogP contribution in [0.25, 0.3) is 6.08 Å². The second-order valence-electron chi connectivity index (χ2n) is 8.02. The Hall–Kier alpha value is -3.68. The number of halogens is 1. The van der Waals surface area contributed by atoms with E-state index in [-0.39, 0.29) is 10.7 Å². The SMILES string of the molecule is CCOc1cc(/C=C2\C(=O)NC(=S)N(c3ccc(CC)cc3)C2=O)cc(Cl)c1OCc1ccccc1. The average molecular weight is 521 g/mol. The molecular weight excluding hydrogens is 496 g/mol. The predicted octanol–water partition coefficient (Wildman–Crippen LogP) is 5.71. The molecule has 0 radical (unpaired) electrons. The van der Waals surface area contributed by atoms with Gasteiger partial charge in [0.1, 0.15) is 12.2 Å². The molecule has 8 heteroatoms. The molecule has 0 bridgehead atoms. The molecule has 1 aliphatic rings. The molecule has 0 aliphatic carbocycles. The van der Waals surface area contributed by atoms with E-state index in [9.17, 15) is 9.59 Å². The van der Waals surface area contributed by atoms with Gasteiger partial charge in [-0.3, -0.25) is 19.8 Å². The van der Waals surface area contributed by atoms with Gasteiger partial charge < -0.3 is 9.47 Å². The van der Waals surface area contributed by atoms with E-state index in [2.05, 4.69) is 5.32 Å². The van der Waals surface area contributed by atoms with Gasteiger partial charge in [0.05, 0.1) is 17.3 Å². The van der Waals surface area contributed by atoms with Crippen molar-refractivity contribution >= 4 is 52.5 Å². The summed E-state index contributed by atoms with van der Waals surface area (Å²) >= 11 is 11.8. The molecule has 0 aromatic heterocycles. The Morgan fingerprint density at radius 2 is 1.69 bits per heavy atom.